The number of ether oxygens (including phenoxy) is 1. The number of esters is 1. The summed E-state index contributed by atoms with van der Waals surface area (Å²) in [5.74, 6) is -0.334. The van der Waals surface area contributed by atoms with E-state index >= 15 is 0 Å². The number of aryl methyl sites for hydroxylation is 1. The Morgan fingerprint density at radius 3 is 2.67 bits per heavy atom. The third kappa shape index (κ3) is 3.36. The molecular weight excluding hydrogens is 272 g/mol. The van der Waals surface area contributed by atoms with Gasteiger partial charge in [-0.05, 0) is 19.1 Å². The number of hydrazone groups is 1. The molecule has 21 heavy (non-hydrogen) atoms. The number of benzene rings is 1. The second kappa shape index (κ2) is 6.51. The molecule has 0 aliphatic rings. The van der Waals surface area contributed by atoms with Gasteiger partial charge < -0.3 is 9.15 Å². The zero-order valence-electron chi connectivity index (χ0n) is 11.6. The van der Waals surface area contributed by atoms with E-state index in [1.54, 1.807) is 37.3 Å². The minimum absolute atomic E-state index is 0.373. The number of nitrogens with one attached hydrogen (secondary N) is 1. The first kappa shape index (κ1) is 14.5. The van der Waals surface area contributed by atoms with E-state index in [0.29, 0.717) is 22.5 Å². The fourth-order valence-electron chi connectivity index (χ4n) is 1.75. The molecule has 0 aliphatic carbocycles. The van der Waals surface area contributed by atoms with E-state index in [1.165, 1.54) is 19.6 Å². The topological polar surface area (TPSA) is 80.9 Å². The quantitative estimate of drug-likeness (QED) is 0.530. The van der Waals surface area contributed by atoms with Crippen LogP contribution in [0.15, 0.2) is 46.1 Å². The Bertz CT molecular complexity index is 688. The monoisotopic (exact) mass is 286 g/mol. The summed E-state index contributed by atoms with van der Waals surface area (Å²) in [6, 6.07) is 8.36. The molecule has 6 heteroatoms. The number of rotatable bonds is 4. The molecule has 2 rings (SSSR count). The van der Waals surface area contributed by atoms with Crippen LogP contribution in [0.5, 0.6) is 0 Å². The number of carbonyl (C=O) groups is 2. The lowest BCUT2D eigenvalue weighted by Crippen LogP contribution is -2.18. The molecule has 0 aliphatic heterocycles. The van der Waals surface area contributed by atoms with E-state index < -0.39 is 5.97 Å². The molecule has 1 aromatic carbocycles. The molecule has 1 heterocycles. The number of furan rings is 1. The predicted molar refractivity (Wildman–Crippen MR) is 76.3 cm³/mol. The Morgan fingerprint density at radius 2 is 2.00 bits per heavy atom. The van der Waals surface area contributed by atoms with Crippen LogP contribution in [0.3, 0.4) is 0 Å². The Labute approximate surface area is 121 Å². The average molecular weight is 286 g/mol. The van der Waals surface area contributed by atoms with Crippen LogP contribution in [0.1, 0.15) is 32.0 Å². The molecule has 1 N–H and O–H groups in total. The van der Waals surface area contributed by atoms with Gasteiger partial charge in [-0.25, -0.2) is 10.2 Å². The van der Waals surface area contributed by atoms with Crippen LogP contribution in [-0.2, 0) is 4.74 Å². The second-order valence-electron chi connectivity index (χ2n) is 4.17. The van der Waals surface area contributed by atoms with Gasteiger partial charge in [-0.15, -0.1) is 0 Å². The summed E-state index contributed by atoms with van der Waals surface area (Å²) in [6.07, 6.45) is 2.82. The summed E-state index contributed by atoms with van der Waals surface area (Å²) in [5.41, 5.74) is 3.71. The lowest BCUT2D eigenvalue weighted by Gasteiger charge is -2.03. The third-order valence-electron chi connectivity index (χ3n) is 2.84. The van der Waals surface area contributed by atoms with Crippen molar-refractivity contribution in [2.75, 3.05) is 7.11 Å². The zero-order valence-corrected chi connectivity index (χ0v) is 11.6. The molecule has 0 fully saturated rings. The minimum Gasteiger partial charge on any atom is -0.469 e. The minimum atomic E-state index is -0.464. The molecule has 1 aromatic heterocycles. The van der Waals surface area contributed by atoms with Crippen molar-refractivity contribution in [3.63, 3.8) is 0 Å². The summed E-state index contributed by atoms with van der Waals surface area (Å²) < 4.78 is 9.72. The van der Waals surface area contributed by atoms with Gasteiger partial charge >= 0.3 is 5.97 Å². The molecule has 2 aromatic rings. The first-order valence-electron chi connectivity index (χ1n) is 6.18. The van der Waals surface area contributed by atoms with E-state index in [-0.39, 0.29) is 5.91 Å². The molecule has 0 bridgehead atoms. The van der Waals surface area contributed by atoms with E-state index in [9.17, 15) is 9.59 Å². The van der Waals surface area contributed by atoms with Gasteiger partial charge in [0.15, 0.2) is 0 Å². The maximum absolute atomic E-state index is 11.8. The van der Waals surface area contributed by atoms with Crippen LogP contribution in [0.2, 0.25) is 0 Å². The van der Waals surface area contributed by atoms with E-state index in [2.05, 4.69) is 15.3 Å². The summed E-state index contributed by atoms with van der Waals surface area (Å²) in [4.78, 5) is 23.4. The molecule has 0 saturated carbocycles. The van der Waals surface area contributed by atoms with Crippen LogP contribution in [0.25, 0.3) is 0 Å². The lowest BCUT2D eigenvalue weighted by molar-refractivity contribution is 0.0600. The van der Waals surface area contributed by atoms with Gasteiger partial charge in [0.2, 0.25) is 0 Å². The van der Waals surface area contributed by atoms with Crippen molar-refractivity contribution >= 4 is 18.1 Å². The standard InChI is InChI=1S/C15H14N2O4/c1-10-12(7-8-21-10)14(18)17-16-9-11-5-3-4-6-13(11)15(19)20-2/h3-9H,1-2H3,(H,17,18)/b16-9-. The Hall–Kier alpha value is -2.89. The highest BCUT2D eigenvalue weighted by atomic mass is 16.5. The molecule has 0 unspecified atom stereocenters. The molecule has 0 atom stereocenters. The van der Waals surface area contributed by atoms with Crippen LogP contribution in [0.4, 0.5) is 0 Å². The van der Waals surface area contributed by atoms with Gasteiger partial charge in [0.1, 0.15) is 5.76 Å². The van der Waals surface area contributed by atoms with Crippen molar-refractivity contribution in [1.29, 1.82) is 0 Å². The van der Waals surface area contributed by atoms with Crippen LogP contribution in [-0.4, -0.2) is 25.2 Å². The van der Waals surface area contributed by atoms with E-state index in [1.807, 2.05) is 0 Å². The summed E-state index contributed by atoms with van der Waals surface area (Å²) in [6.45, 7) is 1.69. The molecule has 0 spiro atoms. The summed E-state index contributed by atoms with van der Waals surface area (Å²) >= 11 is 0. The van der Waals surface area contributed by atoms with Crippen molar-refractivity contribution in [1.82, 2.24) is 5.43 Å². The smallest absolute Gasteiger partial charge is 0.338 e. The molecular formula is C15H14N2O4. The predicted octanol–water partition coefficient (Wildman–Crippen LogP) is 2.14. The lowest BCUT2D eigenvalue weighted by atomic mass is 10.1. The fraction of sp³-hybridized carbons (Fsp3) is 0.133. The van der Waals surface area contributed by atoms with Crippen LogP contribution >= 0.6 is 0 Å². The molecule has 108 valence electrons. The third-order valence-corrected chi connectivity index (χ3v) is 2.84. The van der Waals surface area contributed by atoms with Crippen molar-refractivity contribution in [3.8, 4) is 0 Å². The molecule has 1 amide bonds. The Morgan fingerprint density at radius 1 is 1.24 bits per heavy atom. The van der Waals surface area contributed by atoms with Crippen molar-refractivity contribution in [3.05, 3.63) is 59.0 Å². The number of carbonyl (C=O) groups excluding carboxylic acids is 2. The highest BCUT2D eigenvalue weighted by Crippen LogP contribution is 2.09. The van der Waals surface area contributed by atoms with Gasteiger partial charge in [0.05, 0.1) is 30.7 Å². The van der Waals surface area contributed by atoms with Crippen molar-refractivity contribution in [2.45, 2.75) is 6.92 Å². The van der Waals surface area contributed by atoms with E-state index in [0.717, 1.165) is 0 Å². The van der Waals surface area contributed by atoms with Gasteiger partial charge in [-0.1, -0.05) is 18.2 Å². The normalized spacial score (nSPS) is 10.6. The first-order chi connectivity index (χ1) is 10.1. The first-order valence-corrected chi connectivity index (χ1v) is 6.18. The zero-order chi connectivity index (χ0) is 15.2. The van der Waals surface area contributed by atoms with Gasteiger partial charge in [0.25, 0.3) is 5.91 Å². The van der Waals surface area contributed by atoms with Gasteiger partial charge in [0, 0.05) is 5.56 Å². The number of methoxy groups -OCH3 is 1. The fourth-order valence-corrected chi connectivity index (χ4v) is 1.75. The Balaban J connectivity index is 2.10. The molecule has 0 saturated heterocycles. The summed E-state index contributed by atoms with van der Waals surface area (Å²) in [7, 11) is 1.31. The van der Waals surface area contributed by atoms with E-state index in [4.69, 9.17) is 4.42 Å². The summed E-state index contributed by atoms with van der Waals surface area (Å²) in [5, 5.41) is 3.84. The number of amides is 1. The van der Waals surface area contributed by atoms with Crippen LogP contribution in [0, 0.1) is 6.92 Å². The maximum Gasteiger partial charge on any atom is 0.338 e. The van der Waals surface area contributed by atoms with Gasteiger partial charge in [-0.2, -0.15) is 5.10 Å². The maximum atomic E-state index is 11.8. The molecule has 6 nitrogen and oxygen atoms in total. The Kier molecular flexibility index (Phi) is 4.50. The number of nitrogens with zero attached hydrogens (tertiary/aromatic N) is 1. The average Bonchev–Trinajstić information content (AvgIpc) is 2.93. The highest BCUT2D eigenvalue weighted by Gasteiger charge is 2.11. The highest BCUT2D eigenvalue weighted by molar-refractivity contribution is 6.00. The molecule has 0 radical (unpaired) electrons. The van der Waals surface area contributed by atoms with Gasteiger partial charge in [-0.3, -0.25) is 4.79 Å². The number of hydrogen-bond acceptors (Lipinski definition) is 5. The second-order valence-corrected chi connectivity index (χ2v) is 4.17. The largest absolute Gasteiger partial charge is 0.469 e. The number of hydrogen-bond donors (Lipinski definition) is 1. The SMILES string of the molecule is COC(=O)c1ccccc1/C=N\NC(=O)c1ccoc1C. The van der Waals surface area contributed by atoms with Crippen molar-refractivity contribution in [2.24, 2.45) is 5.10 Å². The van der Waals surface area contributed by atoms with Crippen molar-refractivity contribution < 1.29 is 18.7 Å². The van der Waals surface area contributed by atoms with Crippen LogP contribution < -0.4 is 5.43 Å².